The molecule has 0 aliphatic carbocycles. The molecular weight excluding hydrogens is 245 g/mol. The van der Waals surface area contributed by atoms with Crippen LogP contribution in [0.4, 0.5) is 4.39 Å². The lowest BCUT2D eigenvalue weighted by molar-refractivity contribution is -0.0800. The van der Waals surface area contributed by atoms with Gasteiger partial charge in [0.25, 0.3) is 0 Å². The summed E-state index contributed by atoms with van der Waals surface area (Å²) in [7, 11) is 0. The van der Waals surface area contributed by atoms with Gasteiger partial charge < -0.3 is 9.84 Å². The SMILES string of the molecule is CCN(CC)C1C(O)c2cc(F)ccc2OC1(C)C. The highest BCUT2D eigenvalue weighted by Crippen LogP contribution is 2.42. The fourth-order valence-corrected chi connectivity index (χ4v) is 2.99. The zero-order valence-corrected chi connectivity index (χ0v) is 12.0. The van der Waals surface area contributed by atoms with Crippen molar-refractivity contribution in [3.05, 3.63) is 29.6 Å². The Morgan fingerprint density at radius 3 is 2.53 bits per heavy atom. The van der Waals surface area contributed by atoms with Crippen LogP contribution in [0, 0.1) is 5.82 Å². The first-order valence-corrected chi connectivity index (χ1v) is 6.81. The summed E-state index contributed by atoms with van der Waals surface area (Å²) < 4.78 is 19.3. The van der Waals surface area contributed by atoms with Gasteiger partial charge in [0.05, 0.1) is 6.04 Å². The number of hydrogen-bond donors (Lipinski definition) is 1. The molecule has 19 heavy (non-hydrogen) atoms. The molecule has 1 heterocycles. The first-order valence-electron chi connectivity index (χ1n) is 6.81. The highest BCUT2D eigenvalue weighted by molar-refractivity contribution is 5.40. The van der Waals surface area contributed by atoms with E-state index in [2.05, 4.69) is 4.90 Å². The fraction of sp³-hybridized carbons (Fsp3) is 0.600. The van der Waals surface area contributed by atoms with Gasteiger partial charge in [0, 0.05) is 5.56 Å². The highest BCUT2D eigenvalue weighted by Gasteiger charge is 2.45. The van der Waals surface area contributed by atoms with Crippen molar-refractivity contribution in [3.63, 3.8) is 0 Å². The third-order valence-corrected chi connectivity index (χ3v) is 3.88. The Hall–Kier alpha value is -1.13. The molecule has 2 rings (SSSR count). The molecule has 0 fully saturated rings. The van der Waals surface area contributed by atoms with Crippen molar-refractivity contribution in [2.24, 2.45) is 0 Å². The molecule has 1 N–H and O–H groups in total. The Morgan fingerprint density at radius 1 is 1.32 bits per heavy atom. The van der Waals surface area contributed by atoms with Gasteiger partial charge in [-0.3, -0.25) is 4.90 Å². The van der Waals surface area contributed by atoms with Gasteiger partial charge in [0.15, 0.2) is 0 Å². The van der Waals surface area contributed by atoms with E-state index in [1.807, 2.05) is 27.7 Å². The normalized spacial score (nSPS) is 25.0. The minimum absolute atomic E-state index is 0.184. The van der Waals surface area contributed by atoms with E-state index in [1.54, 1.807) is 6.07 Å². The smallest absolute Gasteiger partial charge is 0.126 e. The van der Waals surface area contributed by atoms with Crippen LogP contribution in [0.3, 0.4) is 0 Å². The molecule has 106 valence electrons. The minimum atomic E-state index is -0.741. The van der Waals surface area contributed by atoms with Crippen LogP contribution in [-0.2, 0) is 0 Å². The molecule has 0 amide bonds. The molecule has 2 atom stereocenters. The number of nitrogens with zero attached hydrogens (tertiary/aromatic N) is 1. The Bertz CT molecular complexity index is 457. The lowest BCUT2D eigenvalue weighted by Gasteiger charge is -2.47. The number of likely N-dealkylation sites (N-methyl/N-ethyl adjacent to an activating group) is 1. The Kier molecular flexibility index (Phi) is 3.83. The summed E-state index contributed by atoms with van der Waals surface area (Å²) in [5.41, 5.74) is 0.0206. The van der Waals surface area contributed by atoms with Crippen molar-refractivity contribution in [2.75, 3.05) is 13.1 Å². The van der Waals surface area contributed by atoms with Gasteiger partial charge in [-0.25, -0.2) is 4.39 Å². The lowest BCUT2D eigenvalue weighted by Crippen LogP contribution is -2.57. The number of halogens is 1. The molecule has 0 bridgehead atoms. The van der Waals surface area contributed by atoms with E-state index in [-0.39, 0.29) is 11.9 Å². The van der Waals surface area contributed by atoms with Crippen molar-refractivity contribution in [1.29, 1.82) is 0 Å². The standard InChI is InChI=1S/C15H22FNO2/c1-5-17(6-2)14-13(18)11-9-10(16)7-8-12(11)19-15(14,3)4/h7-9,13-14,18H,5-6H2,1-4H3. The second kappa shape index (κ2) is 5.10. The van der Waals surface area contributed by atoms with Gasteiger partial charge in [0.1, 0.15) is 23.3 Å². The maximum atomic E-state index is 13.4. The van der Waals surface area contributed by atoms with Crippen molar-refractivity contribution < 1.29 is 14.2 Å². The summed E-state index contributed by atoms with van der Waals surface area (Å²) in [5.74, 6) is 0.224. The maximum Gasteiger partial charge on any atom is 0.126 e. The van der Waals surface area contributed by atoms with Crippen molar-refractivity contribution >= 4 is 0 Å². The predicted octanol–water partition coefficient (Wildman–Crippen LogP) is 2.74. The first kappa shape index (κ1) is 14.3. The van der Waals surface area contributed by atoms with Gasteiger partial charge in [-0.2, -0.15) is 0 Å². The van der Waals surface area contributed by atoms with Gasteiger partial charge >= 0.3 is 0 Å². The number of aliphatic hydroxyl groups excluding tert-OH is 1. The van der Waals surface area contributed by atoms with E-state index in [0.29, 0.717) is 11.3 Å². The van der Waals surface area contributed by atoms with E-state index in [1.165, 1.54) is 12.1 Å². The summed E-state index contributed by atoms with van der Waals surface area (Å²) in [6.07, 6.45) is -0.741. The summed E-state index contributed by atoms with van der Waals surface area (Å²) in [5, 5.41) is 10.6. The van der Waals surface area contributed by atoms with Crippen LogP contribution in [0.2, 0.25) is 0 Å². The van der Waals surface area contributed by atoms with E-state index in [0.717, 1.165) is 13.1 Å². The lowest BCUT2D eigenvalue weighted by atomic mass is 9.85. The van der Waals surface area contributed by atoms with Crippen LogP contribution in [0.25, 0.3) is 0 Å². The van der Waals surface area contributed by atoms with Gasteiger partial charge in [-0.15, -0.1) is 0 Å². The highest BCUT2D eigenvalue weighted by atomic mass is 19.1. The van der Waals surface area contributed by atoms with E-state index >= 15 is 0 Å². The Balaban J connectivity index is 2.46. The van der Waals surface area contributed by atoms with Crippen molar-refractivity contribution in [2.45, 2.75) is 45.4 Å². The van der Waals surface area contributed by atoms with Gasteiger partial charge in [-0.1, -0.05) is 13.8 Å². The van der Waals surface area contributed by atoms with Crippen LogP contribution in [0.1, 0.15) is 39.4 Å². The maximum absolute atomic E-state index is 13.4. The summed E-state index contributed by atoms with van der Waals surface area (Å²) in [6, 6.07) is 4.14. The number of benzene rings is 1. The van der Waals surface area contributed by atoms with E-state index in [4.69, 9.17) is 4.74 Å². The van der Waals surface area contributed by atoms with Crippen LogP contribution >= 0.6 is 0 Å². The molecule has 3 nitrogen and oxygen atoms in total. The number of fused-ring (bicyclic) bond motifs is 1. The third kappa shape index (κ3) is 2.47. The molecule has 2 unspecified atom stereocenters. The molecule has 4 heteroatoms. The summed E-state index contributed by atoms with van der Waals surface area (Å²) in [6.45, 7) is 9.66. The number of rotatable bonds is 3. The predicted molar refractivity (Wildman–Crippen MR) is 72.8 cm³/mol. The van der Waals surface area contributed by atoms with Crippen molar-refractivity contribution in [3.8, 4) is 5.75 Å². The molecule has 0 spiro atoms. The summed E-state index contributed by atoms with van der Waals surface area (Å²) in [4.78, 5) is 2.15. The molecule has 1 aromatic carbocycles. The zero-order valence-electron chi connectivity index (χ0n) is 12.0. The van der Waals surface area contributed by atoms with Crippen LogP contribution < -0.4 is 4.74 Å². The molecule has 1 aromatic rings. The quantitative estimate of drug-likeness (QED) is 0.914. The van der Waals surface area contributed by atoms with Crippen molar-refractivity contribution in [1.82, 2.24) is 4.90 Å². The molecule has 0 saturated heterocycles. The Labute approximate surface area is 114 Å². The molecular formula is C15H22FNO2. The molecule has 1 aliphatic rings. The molecule has 0 radical (unpaired) electrons. The van der Waals surface area contributed by atoms with Gasteiger partial charge in [0.2, 0.25) is 0 Å². The monoisotopic (exact) mass is 267 g/mol. The number of hydrogen-bond acceptors (Lipinski definition) is 3. The molecule has 1 aliphatic heterocycles. The largest absolute Gasteiger partial charge is 0.486 e. The fourth-order valence-electron chi connectivity index (χ4n) is 2.99. The topological polar surface area (TPSA) is 32.7 Å². The minimum Gasteiger partial charge on any atom is -0.486 e. The molecule has 0 saturated carbocycles. The third-order valence-electron chi connectivity index (χ3n) is 3.88. The number of ether oxygens (including phenoxy) is 1. The van der Waals surface area contributed by atoms with Crippen LogP contribution in [0.15, 0.2) is 18.2 Å². The van der Waals surface area contributed by atoms with E-state index < -0.39 is 11.7 Å². The second-order valence-corrected chi connectivity index (χ2v) is 5.50. The first-order chi connectivity index (χ1) is 8.90. The zero-order chi connectivity index (χ0) is 14.2. The Morgan fingerprint density at radius 2 is 1.95 bits per heavy atom. The molecule has 0 aromatic heterocycles. The average molecular weight is 267 g/mol. The summed E-state index contributed by atoms with van der Waals surface area (Å²) >= 11 is 0. The second-order valence-electron chi connectivity index (χ2n) is 5.50. The van der Waals surface area contributed by atoms with E-state index in [9.17, 15) is 9.50 Å². The van der Waals surface area contributed by atoms with Crippen LogP contribution in [-0.4, -0.2) is 34.7 Å². The van der Waals surface area contributed by atoms with Gasteiger partial charge in [-0.05, 0) is 45.1 Å². The number of aliphatic hydroxyl groups is 1. The average Bonchev–Trinajstić information content (AvgIpc) is 2.35. The van der Waals surface area contributed by atoms with Crippen LogP contribution in [0.5, 0.6) is 5.75 Å².